The summed E-state index contributed by atoms with van der Waals surface area (Å²) in [7, 11) is 5.97. The molecule has 2 atom stereocenters. The number of para-hydroxylation sites is 1. The van der Waals surface area contributed by atoms with Crippen molar-refractivity contribution in [3.8, 4) is 23.0 Å². The number of hydroxylamine groups is 2. The average Bonchev–Trinajstić information content (AvgIpc) is 3.68. The second-order valence-electron chi connectivity index (χ2n) is 14.2. The van der Waals surface area contributed by atoms with Crippen LogP contribution in [-0.4, -0.2) is 63.5 Å². The normalized spacial score (nSPS) is 17.4. The maximum Gasteiger partial charge on any atom is 0.312 e. The molecule has 1 aliphatic heterocycles. The summed E-state index contributed by atoms with van der Waals surface area (Å²) in [6, 6.07) is 27.2. The van der Waals surface area contributed by atoms with Gasteiger partial charge in [-0.2, -0.15) is 0 Å². The number of benzene rings is 4. The van der Waals surface area contributed by atoms with Crippen LogP contribution in [0.2, 0.25) is 0 Å². The molecule has 2 heterocycles. The second kappa shape index (κ2) is 16.9. The maximum absolute atomic E-state index is 15.7. The lowest BCUT2D eigenvalue weighted by atomic mass is 9.93. The van der Waals surface area contributed by atoms with Crippen LogP contribution >= 0.6 is 0 Å². The number of anilines is 1. The summed E-state index contributed by atoms with van der Waals surface area (Å²) in [6.45, 7) is 2.16. The first kappa shape index (κ1) is 38.4. The molecule has 1 saturated heterocycles. The Morgan fingerprint density at radius 1 is 0.804 bits per heavy atom. The number of hydrogen-bond acceptors (Lipinski definition) is 10. The fourth-order valence-electron chi connectivity index (χ4n) is 7.45. The number of carbonyl (C=O) groups is 2. The summed E-state index contributed by atoms with van der Waals surface area (Å²) >= 11 is 0. The molecule has 4 aromatic carbocycles. The quantitative estimate of drug-likeness (QED) is 0.0743. The first-order valence-electron chi connectivity index (χ1n) is 18.7. The van der Waals surface area contributed by atoms with Gasteiger partial charge in [0.2, 0.25) is 0 Å². The van der Waals surface area contributed by atoms with Crippen molar-refractivity contribution < 1.29 is 42.5 Å². The topological polar surface area (TPSA) is 109 Å². The molecule has 56 heavy (non-hydrogen) atoms. The van der Waals surface area contributed by atoms with E-state index in [-0.39, 0.29) is 38.3 Å². The van der Waals surface area contributed by atoms with Gasteiger partial charge in [0.15, 0.2) is 11.6 Å². The monoisotopic (exact) mass is 763 g/mol. The van der Waals surface area contributed by atoms with Crippen molar-refractivity contribution in [1.29, 1.82) is 0 Å². The Balaban J connectivity index is 1.09. The minimum Gasteiger partial charge on any atom is -0.497 e. The number of esters is 1. The number of nitrogens with zero attached hydrogens (tertiary/aromatic N) is 3. The molecule has 0 radical (unpaired) electrons. The summed E-state index contributed by atoms with van der Waals surface area (Å²) in [5, 5.41) is 2.21. The van der Waals surface area contributed by atoms with Crippen LogP contribution < -0.4 is 23.8 Å². The third kappa shape index (κ3) is 8.20. The van der Waals surface area contributed by atoms with Crippen molar-refractivity contribution in [3.63, 3.8) is 0 Å². The van der Waals surface area contributed by atoms with E-state index in [1.165, 1.54) is 25.3 Å². The van der Waals surface area contributed by atoms with E-state index < -0.39 is 29.0 Å². The van der Waals surface area contributed by atoms with Gasteiger partial charge in [-0.15, -0.1) is 0 Å². The molecule has 0 bridgehead atoms. The number of methoxy groups -OCH3 is 4. The number of halogens is 1. The van der Waals surface area contributed by atoms with Gasteiger partial charge in [-0.05, 0) is 85.3 Å². The van der Waals surface area contributed by atoms with Gasteiger partial charge in [0.05, 0.1) is 51.8 Å². The molecule has 0 spiro atoms. The zero-order valence-corrected chi connectivity index (χ0v) is 32.1. The van der Waals surface area contributed by atoms with Crippen LogP contribution in [0, 0.1) is 17.2 Å². The minimum atomic E-state index is -1.21. The number of fused-ring (bicyclic) bond motifs is 1. The van der Waals surface area contributed by atoms with Crippen molar-refractivity contribution in [2.75, 3.05) is 46.4 Å². The molecule has 5 aromatic rings. The third-order valence-corrected chi connectivity index (χ3v) is 10.7. The molecular formula is C44H46FN3O8. The van der Waals surface area contributed by atoms with Crippen molar-refractivity contribution >= 4 is 28.6 Å². The van der Waals surface area contributed by atoms with Gasteiger partial charge >= 0.3 is 5.97 Å². The molecule has 2 aliphatic rings. The van der Waals surface area contributed by atoms with Crippen LogP contribution in [0.4, 0.5) is 10.2 Å². The van der Waals surface area contributed by atoms with Gasteiger partial charge in [-0.3, -0.25) is 14.4 Å². The largest absolute Gasteiger partial charge is 0.497 e. The van der Waals surface area contributed by atoms with E-state index in [1.54, 1.807) is 44.6 Å². The number of rotatable bonds is 16. The predicted molar refractivity (Wildman–Crippen MR) is 208 cm³/mol. The Kier molecular flexibility index (Phi) is 11.6. The molecule has 1 aliphatic carbocycles. The summed E-state index contributed by atoms with van der Waals surface area (Å²) < 4.78 is 43.3. The lowest BCUT2D eigenvalue weighted by molar-refractivity contribution is -0.198. The van der Waals surface area contributed by atoms with Gasteiger partial charge in [0.1, 0.15) is 36.3 Å². The molecular weight excluding hydrogens is 717 g/mol. The maximum atomic E-state index is 15.7. The van der Waals surface area contributed by atoms with E-state index >= 15 is 4.39 Å². The third-order valence-electron chi connectivity index (χ3n) is 10.7. The molecule has 1 amide bonds. The predicted octanol–water partition coefficient (Wildman–Crippen LogP) is 7.46. The first-order chi connectivity index (χ1) is 27.2. The van der Waals surface area contributed by atoms with Gasteiger partial charge in [0.25, 0.3) is 5.91 Å². The number of carbonyl (C=O) groups excluding carboxylic acids is 2. The minimum absolute atomic E-state index is 0.0306. The number of hydrogen-bond donors (Lipinski definition) is 0. The van der Waals surface area contributed by atoms with E-state index in [4.69, 9.17) is 33.5 Å². The van der Waals surface area contributed by atoms with E-state index in [2.05, 4.69) is 4.90 Å². The Morgan fingerprint density at radius 3 is 2.25 bits per heavy atom. The summed E-state index contributed by atoms with van der Waals surface area (Å²) in [5.74, 6) is 0.467. The average molecular weight is 764 g/mol. The van der Waals surface area contributed by atoms with Gasteiger partial charge in [0, 0.05) is 35.7 Å². The highest BCUT2D eigenvalue weighted by molar-refractivity contribution is 5.93. The standard InChI is InChI=1S/C44H46FN3O8/c1-51-33-15-11-29(12-16-33)27-56-48(26-31-14-17-34(52-2)23-40(31)53-3)42(49)36-25-44(36,43(50)54-4)24-30-13-18-39(37(45)21-30)55-28-32-22-41(47-19-7-8-20-47)46-38-10-6-5-9-35(32)38/h5-6,9-18,21-23,36H,7-8,19-20,24-28H2,1-4H3. The summed E-state index contributed by atoms with van der Waals surface area (Å²) in [4.78, 5) is 41.1. The van der Waals surface area contributed by atoms with E-state index in [0.29, 0.717) is 28.4 Å². The molecule has 7 rings (SSSR count). The van der Waals surface area contributed by atoms with Crippen molar-refractivity contribution in [2.24, 2.45) is 11.3 Å². The van der Waals surface area contributed by atoms with E-state index in [0.717, 1.165) is 53.8 Å². The first-order valence-corrected chi connectivity index (χ1v) is 18.7. The lowest BCUT2D eigenvalue weighted by Crippen LogP contribution is -2.36. The van der Waals surface area contributed by atoms with Crippen molar-refractivity contribution in [2.45, 2.75) is 45.4 Å². The van der Waals surface area contributed by atoms with Gasteiger partial charge in [-0.1, -0.05) is 36.4 Å². The Labute approximate surface area is 325 Å². The molecule has 12 heteroatoms. The van der Waals surface area contributed by atoms with E-state index in [9.17, 15) is 9.59 Å². The van der Waals surface area contributed by atoms with Crippen LogP contribution in [0.5, 0.6) is 23.0 Å². The van der Waals surface area contributed by atoms with E-state index in [1.807, 2.05) is 54.6 Å². The van der Waals surface area contributed by atoms with Crippen LogP contribution in [0.3, 0.4) is 0 Å². The number of ether oxygens (including phenoxy) is 5. The SMILES string of the molecule is COC(=O)C1(Cc2ccc(OCc3cc(N4CCCC4)nc4ccccc34)c(F)c2)CC1C(=O)N(Cc1ccc(OC)cc1OC)OCc1ccc(OC)cc1. The molecule has 1 saturated carbocycles. The molecule has 1 aromatic heterocycles. The highest BCUT2D eigenvalue weighted by Crippen LogP contribution is 2.57. The molecule has 11 nitrogen and oxygen atoms in total. The molecule has 292 valence electrons. The zero-order chi connectivity index (χ0) is 39.2. The number of amides is 1. The van der Waals surface area contributed by atoms with Crippen LogP contribution in [0.15, 0.2) is 91.0 Å². The zero-order valence-electron chi connectivity index (χ0n) is 32.1. The van der Waals surface area contributed by atoms with Crippen molar-refractivity contribution in [1.82, 2.24) is 10.0 Å². The Bertz CT molecular complexity index is 2190. The Morgan fingerprint density at radius 2 is 1.54 bits per heavy atom. The summed E-state index contributed by atoms with van der Waals surface area (Å²) in [6.07, 6.45) is 2.54. The lowest BCUT2D eigenvalue weighted by Gasteiger charge is -2.25. The van der Waals surface area contributed by atoms with Crippen molar-refractivity contribution in [3.05, 3.63) is 119 Å². The van der Waals surface area contributed by atoms with Gasteiger partial charge < -0.3 is 28.6 Å². The van der Waals surface area contributed by atoms with Crippen LogP contribution in [0.25, 0.3) is 10.9 Å². The highest BCUT2D eigenvalue weighted by Gasteiger charge is 2.65. The number of aromatic nitrogens is 1. The second-order valence-corrected chi connectivity index (χ2v) is 14.2. The fraction of sp³-hybridized carbons (Fsp3) is 0.341. The molecule has 2 fully saturated rings. The summed E-state index contributed by atoms with van der Waals surface area (Å²) in [5.41, 5.74) is 2.57. The van der Waals surface area contributed by atoms with Crippen LogP contribution in [0.1, 0.15) is 41.5 Å². The smallest absolute Gasteiger partial charge is 0.312 e. The highest BCUT2D eigenvalue weighted by atomic mass is 19.1. The van der Waals surface area contributed by atoms with Crippen LogP contribution in [-0.2, 0) is 45.3 Å². The molecule has 0 N–H and O–H groups in total. The fourth-order valence-corrected chi connectivity index (χ4v) is 7.45. The van der Waals surface area contributed by atoms with Gasteiger partial charge in [-0.25, -0.2) is 14.4 Å². The Hall–Kier alpha value is -5.88. The molecule has 2 unspecified atom stereocenters. The number of pyridine rings is 1.